The fraction of sp³-hybridized carbons (Fsp3) is 0.294. The van der Waals surface area contributed by atoms with E-state index < -0.39 is 17.6 Å². The summed E-state index contributed by atoms with van der Waals surface area (Å²) in [6, 6.07) is 5.70. The fourth-order valence-electron chi connectivity index (χ4n) is 2.41. The summed E-state index contributed by atoms with van der Waals surface area (Å²) in [5.41, 5.74) is -0.971. The smallest absolute Gasteiger partial charge is 0.416 e. The number of carbonyl (C=O) groups excluding carboxylic acids is 1. The molecule has 26 heavy (non-hydrogen) atoms. The predicted octanol–water partition coefficient (Wildman–Crippen LogP) is 4.17. The van der Waals surface area contributed by atoms with E-state index in [9.17, 15) is 18.0 Å². The number of nitrogens with one attached hydrogen (secondary N) is 1. The van der Waals surface area contributed by atoms with Crippen LogP contribution in [0.3, 0.4) is 0 Å². The van der Waals surface area contributed by atoms with Gasteiger partial charge in [0.2, 0.25) is 5.88 Å². The van der Waals surface area contributed by atoms with E-state index in [0.29, 0.717) is 19.6 Å². The molecule has 1 aliphatic heterocycles. The van der Waals surface area contributed by atoms with Crippen molar-refractivity contribution in [2.24, 2.45) is 0 Å². The fourth-order valence-corrected chi connectivity index (χ4v) is 2.57. The SMILES string of the molecule is O=C(Nc1cc(C(F)(F)F)ccc1Cl)c1cccnc1O[C@@H]1CCOC1. The van der Waals surface area contributed by atoms with Crippen LogP contribution in [0.25, 0.3) is 0 Å². The molecular weight excluding hydrogens is 373 g/mol. The van der Waals surface area contributed by atoms with E-state index in [1.165, 1.54) is 18.3 Å². The summed E-state index contributed by atoms with van der Waals surface area (Å²) in [5.74, 6) is -0.586. The van der Waals surface area contributed by atoms with Gasteiger partial charge in [-0.2, -0.15) is 13.2 Å². The number of nitrogens with zero attached hydrogens (tertiary/aromatic N) is 1. The summed E-state index contributed by atoms with van der Waals surface area (Å²) >= 11 is 5.91. The number of amides is 1. The summed E-state index contributed by atoms with van der Waals surface area (Å²) in [6.07, 6.45) is -2.65. The van der Waals surface area contributed by atoms with Crippen LogP contribution in [0.15, 0.2) is 36.5 Å². The molecule has 1 fully saturated rings. The third kappa shape index (κ3) is 4.25. The van der Waals surface area contributed by atoms with Crippen LogP contribution in [-0.2, 0) is 10.9 Å². The first-order valence-corrected chi connectivity index (χ1v) is 8.10. The maximum absolute atomic E-state index is 12.9. The Morgan fingerprint density at radius 1 is 1.35 bits per heavy atom. The van der Waals surface area contributed by atoms with Gasteiger partial charge in [-0.05, 0) is 30.3 Å². The molecule has 0 bridgehead atoms. The average molecular weight is 387 g/mol. The van der Waals surface area contributed by atoms with Crippen LogP contribution >= 0.6 is 11.6 Å². The highest BCUT2D eigenvalue weighted by atomic mass is 35.5. The topological polar surface area (TPSA) is 60.5 Å². The van der Waals surface area contributed by atoms with Crippen molar-refractivity contribution in [3.8, 4) is 5.88 Å². The number of hydrogen-bond donors (Lipinski definition) is 1. The summed E-state index contributed by atoms with van der Waals surface area (Å²) in [6.45, 7) is 0.940. The van der Waals surface area contributed by atoms with Crippen LogP contribution in [0.2, 0.25) is 5.02 Å². The van der Waals surface area contributed by atoms with Gasteiger partial charge in [0, 0.05) is 12.6 Å². The van der Waals surface area contributed by atoms with Crippen molar-refractivity contribution in [1.29, 1.82) is 0 Å². The molecule has 1 N–H and O–H groups in total. The lowest BCUT2D eigenvalue weighted by atomic mass is 10.1. The molecule has 1 aromatic carbocycles. The number of rotatable bonds is 4. The Kier molecular flexibility index (Phi) is 5.33. The molecule has 3 rings (SSSR count). The minimum atomic E-state index is -4.55. The molecule has 1 aromatic heterocycles. The molecule has 5 nitrogen and oxygen atoms in total. The van der Waals surface area contributed by atoms with Gasteiger partial charge < -0.3 is 14.8 Å². The van der Waals surface area contributed by atoms with Gasteiger partial charge in [-0.1, -0.05) is 11.6 Å². The van der Waals surface area contributed by atoms with Crippen LogP contribution in [0.1, 0.15) is 22.3 Å². The molecule has 0 radical (unpaired) electrons. The zero-order valence-electron chi connectivity index (χ0n) is 13.3. The Bertz CT molecular complexity index is 808. The van der Waals surface area contributed by atoms with E-state index in [1.54, 1.807) is 0 Å². The Labute approximate surface area is 152 Å². The number of aromatic nitrogens is 1. The highest BCUT2D eigenvalue weighted by Crippen LogP contribution is 2.34. The molecule has 0 aliphatic carbocycles. The minimum absolute atomic E-state index is 0.0121. The Morgan fingerprint density at radius 3 is 2.85 bits per heavy atom. The number of hydrogen-bond acceptors (Lipinski definition) is 4. The number of pyridine rings is 1. The summed E-state index contributed by atoms with van der Waals surface area (Å²) in [7, 11) is 0. The van der Waals surface area contributed by atoms with Crippen molar-refractivity contribution < 1.29 is 27.4 Å². The van der Waals surface area contributed by atoms with Gasteiger partial charge in [-0.3, -0.25) is 4.79 Å². The zero-order valence-corrected chi connectivity index (χ0v) is 14.1. The lowest BCUT2D eigenvalue weighted by molar-refractivity contribution is -0.137. The molecule has 0 unspecified atom stereocenters. The second-order valence-corrected chi connectivity index (χ2v) is 6.01. The van der Waals surface area contributed by atoms with E-state index in [-0.39, 0.29) is 28.3 Å². The van der Waals surface area contributed by atoms with Crippen LogP contribution < -0.4 is 10.1 Å². The van der Waals surface area contributed by atoms with Crippen molar-refractivity contribution in [3.05, 3.63) is 52.7 Å². The van der Waals surface area contributed by atoms with Gasteiger partial charge in [0.15, 0.2) is 0 Å². The molecule has 1 aliphatic rings. The van der Waals surface area contributed by atoms with Gasteiger partial charge in [-0.15, -0.1) is 0 Å². The monoisotopic (exact) mass is 386 g/mol. The van der Waals surface area contributed by atoms with Crippen LogP contribution in [0.5, 0.6) is 5.88 Å². The Balaban J connectivity index is 1.82. The van der Waals surface area contributed by atoms with Crippen molar-refractivity contribution in [2.75, 3.05) is 18.5 Å². The van der Waals surface area contributed by atoms with Gasteiger partial charge >= 0.3 is 6.18 Å². The quantitative estimate of drug-likeness (QED) is 0.856. The largest absolute Gasteiger partial charge is 0.471 e. The van der Waals surface area contributed by atoms with Crippen LogP contribution in [0.4, 0.5) is 18.9 Å². The number of ether oxygens (including phenoxy) is 2. The number of halogens is 4. The molecule has 0 saturated carbocycles. The molecule has 9 heteroatoms. The van der Waals surface area contributed by atoms with E-state index >= 15 is 0 Å². The molecule has 2 heterocycles. The van der Waals surface area contributed by atoms with Gasteiger partial charge in [0.25, 0.3) is 5.91 Å². The summed E-state index contributed by atoms with van der Waals surface area (Å²) in [5, 5.41) is 2.37. The predicted molar refractivity (Wildman–Crippen MR) is 88.5 cm³/mol. The molecule has 0 spiro atoms. The number of alkyl halides is 3. The number of carbonyl (C=O) groups is 1. The van der Waals surface area contributed by atoms with Crippen LogP contribution in [0, 0.1) is 0 Å². The lowest BCUT2D eigenvalue weighted by Gasteiger charge is -2.15. The van der Waals surface area contributed by atoms with Crippen molar-refractivity contribution in [2.45, 2.75) is 18.7 Å². The van der Waals surface area contributed by atoms with Gasteiger partial charge in [-0.25, -0.2) is 4.98 Å². The summed E-state index contributed by atoms with van der Waals surface area (Å²) in [4.78, 5) is 16.6. The minimum Gasteiger partial charge on any atom is -0.471 e. The van der Waals surface area contributed by atoms with Crippen molar-refractivity contribution >= 4 is 23.2 Å². The third-order valence-corrected chi connectivity index (χ3v) is 4.05. The zero-order chi connectivity index (χ0) is 18.7. The molecule has 1 amide bonds. The van der Waals surface area contributed by atoms with E-state index in [1.807, 2.05) is 0 Å². The molecular formula is C17H14ClF3N2O3. The molecule has 1 atom stereocenters. The first-order valence-electron chi connectivity index (χ1n) is 7.72. The maximum atomic E-state index is 12.9. The molecule has 2 aromatic rings. The molecule has 138 valence electrons. The van der Waals surface area contributed by atoms with Crippen LogP contribution in [-0.4, -0.2) is 30.2 Å². The Morgan fingerprint density at radius 2 is 2.15 bits per heavy atom. The maximum Gasteiger partial charge on any atom is 0.416 e. The highest BCUT2D eigenvalue weighted by molar-refractivity contribution is 6.34. The van der Waals surface area contributed by atoms with E-state index in [0.717, 1.165) is 18.2 Å². The van der Waals surface area contributed by atoms with E-state index in [2.05, 4.69) is 10.3 Å². The standard InChI is InChI=1S/C17H14ClF3N2O3/c18-13-4-3-10(17(19,20)21)8-14(13)23-15(24)12-2-1-6-22-16(12)26-11-5-7-25-9-11/h1-4,6,8,11H,5,7,9H2,(H,23,24)/t11-/m1/s1. The van der Waals surface area contributed by atoms with Gasteiger partial charge in [0.05, 0.1) is 29.5 Å². The highest BCUT2D eigenvalue weighted by Gasteiger charge is 2.31. The number of benzene rings is 1. The first kappa shape index (κ1) is 18.5. The Hall–Kier alpha value is -2.32. The number of anilines is 1. The summed E-state index contributed by atoms with van der Waals surface area (Å²) < 4.78 is 49.4. The van der Waals surface area contributed by atoms with E-state index in [4.69, 9.17) is 21.1 Å². The second-order valence-electron chi connectivity index (χ2n) is 5.61. The first-order chi connectivity index (χ1) is 12.3. The second kappa shape index (κ2) is 7.51. The van der Waals surface area contributed by atoms with Crippen molar-refractivity contribution in [3.63, 3.8) is 0 Å². The average Bonchev–Trinajstić information content (AvgIpc) is 3.09. The normalized spacial score (nSPS) is 17.2. The van der Waals surface area contributed by atoms with Crippen molar-refractivity contribution in [1.82, 2.24) is 4.98 Å². The molecule has 1 saturated heterocycles. The lowest BCUT2D eigenvalue weighted by Crippen LogP contribution is -2.20. The third-order valence-electron chi connectivity index (χ3n) is 3.72. The van der Waals surface area contributed by atoms with Gasteiger partial charge in [0.1, 0.15) is 11.7 Å².